The first kappa shape index (κ1) is 17.8. The standard InChI is InChI=1S/C21H24N4O2/c22-12-17-4-3-5-19(10-17)24-13-18-11-21(27-14-18)15-25(8-9-26-16-21)20-6-1-2-7-23-20/h1-7,10,18,24H,8-9,11,13-16H2. The Hall–Kier alpha value is -2.62. The summed E-state index contributed by atoms with van der Waals surface area (Å²) in [6.07, 6.45) is 2.77. The molecule has 2 unspecified atom stereocenters. The number of nitrogens with zero attached hydrogens (tertiary/aromatic N) is 3. The molecule has 1 aromatic heterocycles. The summed E-state index contributed by atoms with van der Waals surface area (Å²) in [5, 5.41) is 12.5. The molecule has 3 heterocycles. The molecule has 2 atom stereocenters. The molecule has 1 aromatic carbocycles. The largest absolute Gasteiger partial charge is 0.385 e. The van der Waals surface area contributed by atoms with Crippen LogP contribution in [-0.2, 0) is 9.47 Å². The fraction of sp³-hybridized carbons (Fsp3) is 0.429. The van der Waals surface area contributed by atoms with Crippen molar-refractivity contribution in [3.05, 3.63) is 54.2 Å². The van der Waals surface area contributed by atoms with Crippen LogP contribution in [0.25, 0.3) is 0 Å². The lowest BCUT2D eigenvalue weighted by molar-refractivity contribution is -0.0457. The monoisotopic (exact) mass is 364 g/mol. The lowest BCUT2D eigenvalue weighted by Crippen LogP contribution is -2.44. The van der Waals surface area contributed by atoms with Crippen molar-refractivity contribution in [2.75, 3.05) is 49.7 Å². The minimum absolute atomic E-state index is 0.283. The summed E-state index contributed by atoms with van der Waals surface area (Å²) in [5.41, 5.74) is 1.36. The number of nitriles is 1. The van der Waals surface area contributed by atoms with Gasteiger partial charge >= 0.3 is 0 Å². The lowest BCUT2D eigenvalue weighted by atomic mass is 9.94. The second-order valence-corrected chi connectivity index (χ2v) is 7.30. The molecule has 140 valence electrons. The molecule has 0 saturated carbocycles. The highest BCUT2D eigenvalue weighted by molar-refractivity contribution is 5.49. The number of aromatic nitrogens is 1. The highest BCUT2D eigenvalue weighted by atomic mass is 16.5. The summed E-state index contributed by atoms with van der Waals surface area (Å²) in [4.78, 5) is 6.75. The second kappa shape index (κ2) is 7.95. The van der Waals surface area contributed by atoms with Gasteiger partial charge in [-0.05, 0) is 36.8 Å². The van der Waals surface area contributed by atoms with E-state index in [2.05, 4.69) is 21.3 Å². The van der Waals surface area contributed by atoms with E-state index in [4.69, 9.17) is 14.7 Å². The smallest absolute Gasteiger partial charge is 0.128 e. The summed E-state index contributed by atoms with van der Waals surface area (Å²) in [6.45, 7) is 4.46. The van der Waals surface area contributed by atoms with Crippen LogP contribution >= 0.6 is 0 Å². The Morgan fingerprint density at radius 1 is 1.30 bits per heavy atom. The third-order valence-electron chi connectivity index (χ3n) is 5.20. The first-order valence-electron chi connectivity index (χ1n) is 9.38. The highest BCUT2D eigenvalue weighted by Crippen LogP contribution is 2.34. The number of hydrogen-bond acceptors (Lipinski definition) is 6. The average Bonchev–Trinajstić information content (AvgIpc) is 3.00. The van der Waals surface area contributed by atoms with Gasteiger partial charge in [0.25, 0.3) is 0 Å². The van der Waals surface area contributed by atoms with Crippen molar-refractivity contribution in [1.82, 2.24) is 4.98 Å². The Bertz CT molecular complexity index is 807. The molecule has 0 aliphatic carbocycles. The van der Waals surface area contributed by atoms with Gasteiger partial charge in [-0.25, -0.2) is 4.98 Å². The number of ether oxygens (including phenoxy) is 2. The van der Waals surface area contributed by atoms with Crippen molar-refractivity contribution in [3.63, 3.8) is 0 Å². The summed E-state index contributed by atoms with van der Waals surface area (Å²) in [7, 11) is 0. The Morgan fingerprint density at radius 2 is 2.26 bits per heavy atom. The maximum Gasteiger partial charge on any atom is 0.128 e. The van der Waals surface area contributed by atoms with E-state index in [0.29, 0.717) is 31.3 Å². The SMILES string of the molecule is N#Cc1cccc(NCC2COC3(COCCN(c4ccccn4)C3)C2)c1. The van der Waals surface area contributed by atoms with Gasteiger partial charge < -0.3 is 19.7 Å². The third-order valence-corrected chi connectivity index (χ3v) is 5.20. The quantitative estimate of drug-likeness (QED) is 0.899. The van der Waals surface area contributed by atoms with Gasteiger partial charge in [0.1, 0.15) is 11.4 Å². The van der Waals surface area contributed by atoms with Gasteiger partial charge in [0.2, 0.25) is 0 Å². The van der Waals surface area contributed by atoms with E-state index in [1.807, 2.05) is 48.7 Å². The third kappa shape index (κ3) is 4.21. The first-order valence-corrected chi connectivity index (χ1v) is 9.38. The summed E-state index contributed by atoms with van der Waals surface area (Å²) < 4.78 is 12.1. The Balaban J connectivity index is 1.39. The molecule has 6 heteroatoms. The minimum atomic E-state index is -0.283. The van der Waals surface area contributed by atoms with Crippen molar-refractivity contribution >= 4 is 11.5 Å². The molecule has 2 aliphatic heterocycles. The minimum Gasteiger partial charge on any atom is -0.385 e. The van der Waals surface area contributed by atoms with E-state index >= 15 is 0 Å². The summed E-state index contributed by atoms with van der Waals surface area (Å²) in [5.74, 6) is 1.38. The van der Waals surface area contributed by atoms with Crippen LogP contribution in [0, 0.1) is 17.2 Å². The maximum atomic E-state index is 9.03. The van der Waals surface area contributed by atoms with E-state index in [1.165, 1.54) is 0 Å². The molecule has 2 fully saturated rings. The van der Waals surface area contributed by atoms with E-state index < -0.39 is 0 Å². The average molecular weight is 364 g/mol. The molecule has 4 rings (SSSR count). The molecule has 0 radical (unpaired) electrons. The van der Waals surface area contributed by atoms with Gasteiger partial charge in [0.15, 0.2) is 0 Å². The fourth-order valence-electron chi connectivity index (χ4n) is 3.88. The van der Waals surface area contributed by atoms with Crippen molar-refractivity contribution < 1.29 is 9.47 Å². The Labute approximate surface area is 159 Å². The predicted octanol–water partition coefficient (Wildman–Crippen LogP) is 2.68. The fourth-order valence-corrected chi connectivity index (χ4v) is 3.88. The molecule has 6 nitrogen and oxygen atoms in total. The topological polar surface area (TPSA) is 70.4 Å². The molecule has 1 N–H and O–H groups in total. The van der Waals surface area contributed by atoms with Gasteiger partial charge in [-0.1, -0.05) is 12.1 Å². The molecule has 2 saturated heterocycles. The molecular formula is C21H24N4O2. The molecular weight excluding hydrogens is 340 g/mol. The van der Waals surface area contributed by atoms with Gasteiger partial charge in [0, 0.05) is 30.9 Å². The van der Waals surface area contributed by atoms with Crippen LogP contribution in [0.3, 0.4) is 0 Å². The number of hydrogen-bond donors (Lipinski definition) is 1. The van der Waals surface area contributed by atoms with E-state index in [0.717, 1.165) is 37.6 Å². The number of rotatable bonds is 4. The Kier molecular flexibility index (Phi) is 5.23. The molecule has 1 spiro atoms. The molecule has 0 bridgehead atoms. The highest BCUT2D eigenvalue weighted by Gasteiger charge is 2.43. The number of benzene rings is 1. The zero-order valence-electron chi connectivity index (χ0n) is 15.3. The Morgan fingerprint density at radius 3 is 3.11 bits per heavy atom. The van der Waals surface area contributed by atoms with Crippen LogP contribution in [0.2, 0.25) is 0 Å². The predicted molar refractivity (Wildman–Crippen MR) is 104 cm³/mol. The van der Waals surface area contributed by atoms with Gasteiger partial charge in [0.05, 0.1) is 38.0 Å². The van der Waals surface area contributed by atoms with Crippen LogP contribution in [0.4, 0.5) is 11.5 Å². The van der Waals surface area contributed by atoms with Crippen LogP contribution < -0.4 is 10.2 Å². The van der Waals surface area contributed by atoms with Crippen molar-refractivity contribution in [3.8, 4) is 6.07 Å². The van der Waals surface area contributed by atoms with Gasteiger partial charge in [-0.2, -0.15) is 5.26 Å². The number of pyridine rings is 1. The van der Waals surface area contributed by atoms with Crippen molar-refractivity contribution in [2.24, 2.45) is 5.92 Å². The molecule has 0 amide bonds. The number of anilines is 2. The van der Waals surface area contributed by atoms with Crippen molar-refractivity contribution in [2.45, 2.75) is 12.0 Å². The lowest BCUT2D eigenvalue weighted by Gasteiger charge is -2.31. The molecule has 2 aliphatic rings. The molecule has 2 aromatic rings. The van der Waals surface area contributed by atoms with Gasteiger partial charge in [-0.3, -0.25) is 0 Å². The van der Waals surface area contributed by atoms with Crippen LogP contribution in [0.15, 0.2) is 48.7 Å². The maximum absolute atomic E-state index is 9.03. The summed E-state index contributed by atoms with van der Waals surface area (Å²) >= 11 is 0. The zero-order valence-corrected chi connectivity index (χ0v) is 15.3. The van der Waals surface area contributed by atoms with E-state index in [9.17, 15) is 0 Å². The van der Waals surface area contributed by atoms with Crippen LogP contribution in [0.5, 0.6) is 0 Å². The van der Waals surface area contributed by atoms with E-state index in [-0.39, 0.29) is 5.60 Å². The first-order chi connectivity index (χ1) is 13.3. The normalized spacial score (nSPS) is 25.1. The van der Waals surface area contributed by atoms with E-state index in [1.54, 1.807) is 0 Å². The second-order valence-electron chi connectivity index (χ2n) is 7.30. The summed E-state index contributed by atoms with van der Waals surface area (Å²) in [6, 6.07) is 15.7. The zero-order chi connectivity index (χ0) is 18.5. The van der Waals surface area contributed by atoms with Crippen LogP contribution in [-0.4, -0.2) is 50.0 Å². The van der Waals surface area contributed by atoms with Crippen LogP contribution in [0.1, 0.15) is 12.0 Å². The van der Waals surface area contributed by atoms with Gasteiger partial charge in [-0.15, -0.1) is 0 Å². The van der Waals surface area contributed by atoms with Crippen molar-refractivity contribution in [1.29, 1.82) is 5.26 Å². The molecule has 27 heavy (non-hydrogen) atoms. The number of nitrogens with one attached hydrogen (secondary N) is 1.